The minimum atomic E-state index is 0.227. The maximum absolute atomic E-state index is 5.59. The van der Waals surface area contributed by atoms with E-state index in [0.717, 1.165) is 17.0 Å². The molecule has 12 heavy (non-hydrogen) atoms. The summed E-state index contributed by atoms with van der Waals surface area (Å²) < 4.78 is 5.59. The molecule has 1 aromatic heterocycles. The first-order valence-electron chi connectivity index (χ1n) is 4.20. The number of aromatic nitrogens is 1. The average molecular weight is 165 g/mol. The van der Waals surface area contributed by atoms with E-state index >= 15 is 0 Å². The Bertz CT molecular complexity index is 269. The van der Waals surface area contributed by atoms with Crippen LogP contribution in [0.2, 0.25) is 0 Å². The van der Waals surface area contributed by atoms with Crippen LogP contribution in [0.5, 0.6) is 5.75 Å². The zero-order valence-electron chi connectivity index (χ0n) is 8.09. The van der Waals surface area contributed by atoms with Gasteiger partial charge in [0.15, 0.2) is 0 Å². The highest BCUT2D eigenvalue weighted by molar-refractivity contribution is 5.33. The second-order valence-electron chi connectivity index (χ2n) is 3.19. The van der Waals surface area contributed by atoms with Crippen LogP contribution in [-0.2, 0) is 0 Å². The molecule has 2 heteroatoms. The molecule has 1 aromatic rings. The van der Waals surface area contributed by atoms with Crippen molar-refractivity contribution in [2.75, 3.05) is 0 Å². The van der Waals surface area contributed by atoms with E-state index in [0.29, 0.717) is 0 Å². The normalized spacial score (nSPS) is 10.4. The number of aryl methyl sites for hydroxylation is 1. The Kier molecular flexibility index (Phi) is 2.69. The molecular weight excluding hydrogens is 150 g/mol. The summed E-state index contributed by atoms with van der Waals surface area (Å²) in [7, 11) is 0. The first kappa shape index (κ1) is 9.04. The monoisotopic (exact) mass is 165 g/mol. The van der Waals surface area contributed by atoms with Crippen molar-refractivity contribution >= 4 is 0 Å². The number of hydrogen-bond acceptors (Lipinski definition) is 2. The molecule has 66 valence electrons. The fraction of sp³-hybridized carbons (Fsp3) is 0.500. The van der Waals surface area contributed by atoms with Gasteiger partial charge in [-0.2, -0.15) is 0 Å². The lowest BCUT2D eigenvalue weighted by Crippen LogP contribution is -2.07. The lowest BCUT2D eigenvalue weighted by molar-refractivity contribution is 0.240. The van der Waals surface area contributed by atoms with Crippen LogP contribution >= 0.6 is 0 Å². The third-order valence-corrected chi connectivity index (χ3v) is 1.77. The van der Waals surface area contributed by atoms with E-state index in [9.17, 15) is 0 Å². The third kappa shape index (κ3) is 1.97. The topological polar surface area (TPSA) is 22.1 Å². The molecule has 0 amide bonds. The highest BCUT2D eigenvalue weighted by Crippen LogP contribution is 2.19. The van der Waals surface area contributed by atoms with Crippen LogP contribution in [0.15, 0.2) is 12.3 Å². The Balaban J connectivity index is 2.92. The minimum absolute atomic E-state index is 0.227. The van der Waals surface area contributed by atoms with E-state index < -0.39 is 0 Å². The number of hydrogen-bond donors (Lipinski definition) is 0. The van der Waals surface area contributed by atoms with Gasteiger partial charge in [-0.15, -0.1) is 0 Å². The van der Waals surface area contributed by atoms with Crippen LogP contribution in [0.1, 0.15) is 25.1 Å². The van der Waals surface area contributed by atoms with Crippen LogP contribution < -0.4 is 4.74 Å². The Labute approximate surface area is 73.6 Å². The summed E-state index contributed by atoms with van der Waals surface area (Å²) in [6, 6.07) is 1.91. The van der Waals surface area contributed by atoms with Gasteiger partial charge in [0.25, 0.3) is 0 Å². The van der Waals surface area contributed by atoms with Crippen LogP contribution in [0.25, 0.3) is 0 Å². The largest absolute Gasteiger partial charge is 0.491 e. The summed E-state index contributed by atoms with van der Waals surface area (Å²) >= 11 is 0. The molecule has 0 atom stereocenters. The summed E-state index contributed by atoms with van der Waals surface area (Å²) in [5.41, 5.74) is 2.17. The number of ether oxygens (including phenoxy) is 1. The predicted octanol–water partition coefficient (Wildman–Crippen LogP) is 2.49. The molecule has 0 saturated heterocycles. The Hall–Kier alpha value is -1.05. The van der Waals surface area contributed by atoms with Crippen molar-refractivity contribution in [3.05, 3.63) is 23.5 Å². The molecule has 0 aliphatic rings. The van der Waals surface area contributed by atoms with Crippen molar-refractivity contribution in [2.24, 2.45) is 0 Å². The van der Waals surface area contributed by atoms with Crippen LogP contribution in [-0.4, -0.2) is 11.1 Å². The smallest absolute Gasteiger partial charge is 0.125 e. The van der Waals surface area contributed by atoms with Crippen LogP contribution in [0.4, 0.5) is 0 Å². The minimum Gasteiger partial charge on any atom is -0.491 e. The Morgan fingerprint density at radius 1 is 1.33 bits per heavy atom. The van der Waals surface area contributed by atoms with Gasteiger partial charge in [-0.05, 0) is 33.8 Å². The number of pyridine rings is 1. The molecule has 0 fully saturated rings. The molecule has 1 rings (SSSR count). The summed E-state index contributed by atoms with van der Waals surface area (Å²) in [4.78, 5) is 4.17. The van der Waals surface area contributed by atoms with Gasteiger partial charge in [0.05, 0.1) is 6.10 Å². The van der Waals surface area contributed by atoms with E-state index in [1.54, 1.807) is 6.20 Å². The van der Waals surface area contributed by atoms with Crippen molar-refractivity contribution in [3.63, 3.8) is 0 Å². The van der Waals surface area contributed by atoms with E-state index in [-0.39, 0.29) is 6.10 Å². The lowest BCUT2D eigenvalue weighted by atomic mass is 10.2. The van der Waals surface area contributed by atoms with Crippen molar-refractivity contribution in [2.45, 2.75) is 33.8 Å². The highest BCUT2D eigenvalue weighted by Gasteiger charge is 2.03. The second kappa shape index (κ2) is 3.57. The van der Waals surface area contributed by atoms with Gasteiger partial charge in [0.2, 0.25) is 0 Å². The molecule has 0 unspecified atom stereocenters. The molecule has 0 N–H and O–H groups in total. The fourth-order valence-electron chi connectivity index (χ4n) is 0.998. The predicted molar refractivity (Wildman–Crippen MR) is 49.5 cm³/mol. The van der Waals surface area contributed by atoms with Gasteiger partial charge in [0, 0.05) is 17.5 Å². The first-order chi connectivity index (χ1) is 5.61. The molecule has 0 aliphatic carbocycles. The molecule has 0 aromatic carbocycles. The summed E-state index contributed by atoms with van der Waals surface area (Å²) in [6.45, 7) is 8.06. The van der Waals surface area contributed by atoms with Crippen molar-refractivity contribution in [1.82, 2.24) is 4.98 Å². The number of nitrogens with zero attached hydrogens (tertiary/aromatic N) is 1. The highest BCUT2D eigenvalue weighted by atomic mass is 16.5. The van der Waals surface area contributed by atoms with Gasteiger partial charge >= 0.3 is 0 Å². The molecular formula is C10H15NO. The van der Waals surface area contributed by atoms with E-state index in [1.165, 1.54) is 0 Å². The third-order valence-electron chi connectivity index (χ3n) is 1.77. The quantitative estimate of drug-likeness (QED) is 0.671. The maximum atomic E-state index is 5.59. The maximum Gasteiger partial charge on any atom is 0.125 e. The average Bonchev–Trinajstić information content (AvgIpc) is 1.98. The Morgan fingerprint density at radius 2 is 2.00 bits per heavy atom. The SMILES string of the molecule is Cc1nccc(OC(C)C)c1C. The van der Waals surface area contributed by atoms with Gasteiger partial charge in [-0.1, -0.05) is 0 Å². The van der Waals surface area contributed by atoms with Gasteiger partial charge in [-0.3, -0.25) is 4.98 Å². The molecule has 0 bridgehead atoms. The molecule has 0 aliphatic heterocycles. The number of rotatable bonds is 2. The molecule has 0 spiro atoms. The molecule has 2 nitrogen and oxygen atoms in total. The zero-order chi connectivity index (χ0) is 9.14. The van der Waals surface area contributed by atoms with Gasteiger partial charge in [-0.25, -0.2) is 0 Å². The van der Waals surface area contributed by atoms with Gasteiger partial charge < -0.3 is 4.74 Å². The first-order valence-corrected chi connectivity index (χ1v) is 4.20. The zero-order valence-corrected chi connectivity index (χ0v) is 8.09. The Morgan fingerprint density at radius 3 is 2.58 bits per heavy atom. The summed E-state index contributed by atoms with van der Waals surface area (Å²) in [5, 5.41) is 0. The second-order valence-corrected chi connectivity index (χ2v) is 3.19. The summed E-state index contributed by atoms with van der Waals surface area (Å²) in [6.07, 6.45) is 2.01. The van der Waals surface area contributed by atoms with Crippen molar-refractivity contribution in [3.8, 4) is 5.75 Å². The standard InChI is InChI=1S/C10H15NO/c1-7(2)12-10-5-6-11-9(4)8(10)3/h5-7H,1-4H3. The van der Waals surface area contributed by atoms with Crippen LogP contribution in [0.3, 0.4) is 0 Å². The van der Waals surface area contributed by atoms with Gasteiger partial charge in [0.1, 0.15) is 5.75 Å². The fourth-order valence-corrected chi connectivity index (χ4v) is 0.998. The van der Waals surface area contributed by atoms with E-state index in [1.807, 2.05) is 33.8 Å². The van der Waals surface area contributed by atoms with Crippen LogP contribution in [0, 0.1) is 13.8 Å². The molecule has 0 radical (unpaired) electrons. The molecule has 1 heterocycles. The summed E-state index contributed by atoms with van der Waals surface area (Å²) in [5.74, 6) is 0.942. The van der Waals surface area contributed by atoms with E-state index in [2.05, 4.69) is 4.98 Å². The van der Waals surface area contributed by atoms with Crippen molar-refractivity contribution in [1.29, 1.82) is 0 Å². The lowest BCUT2D eigenvalue weighted by Gasteiger charge is -2.12. The van der Waals surface area contributed by atoms with E-state index in [4.69, 9.17) is 4.74 Å². The molecule has 0 saturated carbocycles. The van der Waals surface area contributed by atoms with Crippen molar-refractivity contribution < 1.29 is 4.74 Å².